The average Bonchev–Trinajstić information content (AvgIpc) is 2.42. The molecule has 0 fully saturated rings. The SMILES string of the molecule is Cc1cc(Nc2ccc(Cl)cc2)c2cc(N)ccc2n1. The van der Waals surface area contributed by atoms with Crippen LogP contribution < -0.4 is 11.1 Å². The lowest BCUT2D eigenvalue weighted by molar-refractivity contribution is 1.25. The van der Waals surface area contributed by atoms with E-state index in [4.69, 9.17) is 17.3 Å². The fourth-order valence-electron chi connectivity index (χ4n) is 2.17. The maximum absolute atomic E-state index is 5.90. The number of aryl methyl sites for hydroxylation is 1. The van der Waals surface area contributed by atoms with Gasteiger partial charge in [-0.3, -0.25) is 4.98 Å². The minimum Gasteiger partial charge on any atom is -0.399 e. The molecule has 0 saturated heterocycles. The van der Waals surface area contributed by atoms with Crippen LogP contribution in [0.3, 0.4) is 0 Å². The van der Waals surface area contributed by atoms with Crippen molar-refractivity contribution in [2.45, 2.75) is 6.92 Å². The smallest absolute Gasteiger partial charge is 0.0727 e. The topological polar surface area (TPSA) is 50.9 Å². The highest BCUT2D eigenvalue weighted by Gasteiger charge is 2.05. The Morgan fingerprint density at radius 2 is 1.80 bits per heavy atom. The summed E-state index contributed by atoms with van der Waals surface area (Å²) in [5.41, 5.74) is 10.4. The number of nitrogens with zero attached hydrogens (tertiary/aromatic N) is 1. The van der Waals surface area contributed by atoms with Gasteiger partial charge in [-0.15, -0.1) is 0 Å². The summed E-state index contributed by atoms with van der Waals surface area (Å²) in [5, 5.41) is 5.11. The molecule has 3 aromatic rings. The molecule has 3 nitrogen and oxygen atoms in total. The van der Waals surface area contributed by atoms with Gasteiger partial charge in [-0.05, 0) is 55.5 Å². The minimum atomic E-state index is 0.718. The van der Waals surface area contributed by atoms with Crippen LogP contribution in [-0.4, -0.2) is 4.98 Å². The second kappa shape index (κ2) is 5.02. The predicted molar refractivity (Wildman–Crippen MR) is 85.6 cm³/mol. The van der Waals surface area contributed by atoms with E-state index >= 15 is 0 Å². The van der Waals surface area contributed by atoms with Crippen molar-refractivity contribution >= 4 is 39.6 Å². The van der Waals surface area contributed by atoms with E-state index in [1.54, 1.807) is 0 Å². The molecule has 0 aliphatic rings. The molecule has 4 heteroatoms. The summed E-state index contributed by atoms with van der Waals surface area (Å²) in [7, 11) is 0. The van der Waals surface area contributed by atoms with Gasteiger partial charge < -0.3 is 11.1 Å². The molecule has 0 aliphatic heterocycles. The molecule has 20 heavy (non-hydrogen) atoms. The lowest BCUT2D eigenvalue weighted by atomic mass is 10.1. The van der Waals surface area contributed by atoms with Gasteiger partial charge in [-0.25, -0.2) is 0 Å². The van der Waals surface area contributed by atoms with E-state index in [-0.39, 0.29) is 0 Å². The van der Waals surface area contributed by atoms with Crippen molar-refractivity contribution in [3.05, 3.63) is 59.2 Å². The van der Waals surface area contributed by atoms with Crippen LogP contribution in [-0.2, 0) is 0 Å². The average molecular weight is 284 g/mol. The van der Waals surface area contributed by atoms with Crippen LogP contribution in [0.25, 0.3) is 10.9 Å². The maximum Gasteiger partial charge on any atom is 0.0727 e. The number of nitrogen functional groups attached to an aromatic ring is 1. The van der Waals surface area contributed by atoms with E-state index in [2.05, 4.69) is 10.3 Å². The van der Waals surface area contributed by atoms with Crippen LogP contribution in [0.4, 0.5) is 17.1 Å². The van der Waals surface area contributed by atoms with Gasteiger partial charge >= 0.3 is 0 Å². The summed E-state index contributed by atoms with van der Waals surface area (Å²) < 4.78 is 0. The molecular formula is C16H14ClN3. The van der Waals surface area contributed by atoms with Crippen molar-refractivity contribution in [3.8, 4) is 0 Å². The number of nitrogens with one attached hydrogen (secondary N) is 1. The first-order valence-electron chi connectivity index (χ1n) is 6.31. The Bertz CT molecular complexity index is 767. The second-order valence-corrected chi connectivity index (χ2v) is 5.16. The summed E-state index contributed by atoms with van der Waals surface area (Å²) in [4.78, 5) is 4.52. The Labute approximate surface area is 122 Å². The van der Waals surface area contributed by atoms with Crippen LogP contribution in [0, 0.1) is 6.92 Å². The molecule has 100 valence electrons. The molecule has 2 aromatic carbocycles. The van der Waals surface area contributed by atoms with E-state index in [0.717, 1.165) is 38.7 Å². The van der Waals surface area contributed by atoms with Gasteiger partial charge in [0.15, 0.2) is 0 Å². The number of hydrogen-bond acceptors (Lipinski definition) is 3. The molecule has 0 bridgehead atoms. The van der Waals surface area contributed by atoms with Crippen molar-refractivity contribution in [3.63, 3.8) is 0 Å². The Morgan fingerprint density at radius 3 is 2.55 bits per heavy atom. The first kappa shape index (κ1) is 12.8. The second-order valence-electron chi connectivity index (χ2n) is 4.72. The molecule has 0 saturated carbocycles. The van der Waals surface area contributed by atoms with Crippen LogP contribution >= 0.6 is 11.6 Å². The van der Waals surface area contributed by atoms with Crippen molar-refractivity contribution in [2.75, 3.05) is 11.1 Å². The summed E-state index contributed by atoms with van der Waals surface area (Å²) in [5.74, 6) is 0. The van der Waals surface area contributed by atoms with Crippen molar-refractivity contribution in [1.82, 2.24) is 4.98 Å². The summed E-state index contributed by atoms with van der Waals surface area (Å²) in [6.07, 6.45) is 0. The molecule has 0 spiro atoms. The normalized spacial score (nSPS) is 10.7. The number of aromatic nitrogens is 1. The number of nitrogens with two attached hydrogens (primary N) is 1. The molecule has 3 N–H and O–H groups in total. The number of fused-ring (bicyclic) bond motifs is 1. The lowest BCUT2D eigenvalue weighted by Crippen LogP contribution is -1.95. The maximum atomic E-state index is 5.90. The largest absolute Gasteiger partial charge is 0.399 e. The number of rotatable bonds is 2. The Morgan fingerprint density at radius 1 is 1.05 bits per heavy atom. The van der Waals surface area contributed by atoms with Crippen molar-refractivity contribution in [2.24, 2.45) is 0 Å². The molecule has 1 aromatic heterocycles. The fraction of sp³-hybridized carbons (Fsp3) is 0.0625. The third-order valence-electron chi connectivity index (χ3n) is 3.08. The van der Waals surface area contributed by atoms with Gasteiger partial charge in [0, 0.05) is 33.2 Å². The number of halogens is 1. The van der Waals surface area contributed by atoms with Crippen LogP contribution in [0.1, 0.15) is 5.69 Å². The predicted octanol–water partition coefficient (Wildman–Crippen LogP) is 4.52. The van der Waals surface area contributed by atoms with Gasteiger partial charge in [0.1, 0.15) is 0 Å². The van der Waals surface area contributed by atoms with E-state index in [9.17, 15) is 0 Å². The van der Waals surface area contributed by atoms with Crippen molar-refractivity contribution < 1.29 is 0 Å². The fourth-order valence-corrected chi connectivity index (χ4v) is 2.29. The number of hydrogen-bond donors (Lipinski definition) is 2. The van der Waals surface area contributed by atoms with Gasteiger partial charge in [0.05, 0.1) is 5.52 Å². The zero-order valence-corrected chi connectivity index (χ0v) is 11.8. The molecule has 0 aliphatic carbocycles. The van der Waals surface area contributed by atoms with Crippen LogP contribution in [0.5, 0.6) is 0 Å². The zero-order valence-electron chi connectivity index (χ0n) is 11.0. The van der Waals surface area contributed by atoms with E-state index in [1.807, 2.05) is 55.5 Å². The standard InChI is InChI=1S/C16H14ClN3/c1-10-8-16(20-13-5-2-11(17)3-6-13)14-9-12(18)4-7-15(14)19-10/h2-9H,18H2,1H3,(H,19,20). The quantitative estimate of drug-likeness (QED) is 0.680. The molecule has 3 rings (SSSR count). The number of pyridine rings is 1. The summed E-state index contributed by atoms with van der Waals surface area (Å²) in [6, 6.07) is 15.3. The number of anilines is 3. The third-order valence-corrected chi connectivity index (χ3v) is 3.34. The summed E-state index contributed by atoms with van der Waals surface area (Å²) >= 11 is 5.90. The lowest BCUT2D eigenvalue weighted by Gasteiger charge is -2.11. The van der Waals surface area contributed by atoms with Crippen LogP contribution in [0.15, 0.2) is 48.5 Å². The zero-order chi connectivity index (χ0) is 14.1. The molecule has 1 heterocycles. The first-order chi connectivity index (χ1) is 9.61. The Balaban J connectivity index is 2.10. The molecule has 0 atom stereocenters. The Kier molecular flexibility index (Phi) is 3.20. The van der Waals surface area contributed by atoms with Gasteiger partial charge in [-0.1, -0.05) is 11.6 Å². The first-order valence-corrected chi connectivity index (χ1v) is 6.69. The summed E-state index contributed by atoms with van der Waals surface area (Å²) in [6.45, 7) is 1.98. The molecule has 0 amide bonds. The Hall–Kier alpha value is -2.26. The third kappa shape index (κ3) is 2.53. The van der Waals surface area contributed by atoms with Gasteiger partial charge in [0.2, 0.25) is 0 Å². The molecule has 0 radical (unpaired) electrons. The van der Waals surface area contributed by atoms with Crippen molar-refractivity contribution in [1.29, 1.82) is 0 Å². The molecular weight excluding hydrogens is 270 g/mol. The highest BCUT2D eigenvalue weighted by atomic mass is 35.5. The van der Waals surface area contributed by atoms with Gasteiger partial charge in [0.25, 0.3) is 0 Å². The molecule has 0 unspecified atom stereocenters. The highest BCUT2D eigenvalue weighted by Crippen LogP contribution is 2.28. The van der Waals surface area contributed by atoms with Crippen LogP contribution in [0.2, 0.25) is 5.02 Å². The monoisotopic (exact) mass is 283 g/mol. The van der Waals surface area contributed by atoms with Gasteiger partial charge in [-0.2, -0.15) is 0 Å². The van der Waals surface area contributed by atoms with E-state index < -0.39 is 0 Å². The highest BCUT2D eigenvalue weighted by molar-refractivity contribution is 6.30. The number of benzene rings is 2. The van der Waals surface area contributed by atoms with E-state index in [0.29, 0.717) is 0 Å². The van der Waals surface area contributed by atoms with E-state index in [1.165, 1.54) is 0 Å². The minimum absolute atomic E-state index is 0.718.